The maximum absolute atomic E-state index is 12.6. The van der Waals surface area contributed by atoms with Crippen LogP contribution >= 0.6 is 0 Å². The van der Waals surface area contributed by atoms with Gasteiger partial charge >= 0.3 is 5.97 Å². The fourth-order valence-corrected chi connectivity index (χ4v) is 2.22. The van der Waals surface area contributed by atoms with E-state index in [0.717, 1.165) is 0 Å². The fourth-order valence-electron chi connectivity index (χ4n) is 2.22. The molecule has 0 aliphatic heterocycles. The molecule has 0 spiro atoms. The van der Waals surface area contributed by atoms with Crippen LogP contribution in [0.4, 0.5) is 0 Å². The van der Waals surface area contributed by atoms with Crippen LogP contribution in [0.25, 0.3) is 0 Å². The molecule has 0 bridgehead atoms. The van der Waals surface area contributed by atoms with Gasteiger partial charge in [-0.05, 0) is 12.1 Å². The second-order valence-electron chi connectivity index (χ2n) is 5.53. The van der Waals surface area contributed by atoms with Crippen LogP contribution in [0, 0.1) is 0 Å². The number of hydrogen-bond donors (Lipinski definition) is 0. The van der Waals surface area contributed by atoms with E-state index in [4.69, 9.17) is 14.2 Å². The Labute approximate surface area is 146 Å². The Bertz CT molecular complexity index is 720. The lowest BCUT2D eigenvalue weighted by atomic mass is 10.1. The van der Waals surface area contributed by atoms with Crippen molar-refractivity contribution in [2.45, 2.75) is 6.10 Å². The molecule has 2 aromatic rings. The third-order valence-electron chi connectivity index (χ3n) is 3.58. The minimum atomic E-state index is -1.03. The van der Waals surface area contributed by atoms with Gasteiger partial charge in [0.1, 0.15) is 11.5 Å². The van der Waals surface area contributed by atoms with Crippen molar-refractivity contribution >= 4 is 11.9 Å². The first-order chi connectivity index (χ1) is 12.0. The lowest BCUT2D eigenvalue weighted by molar-refractivity contribution is -0.138. The average molecular weight is 343 g/mol. The van der Waals surface area contributed by atoms with Crippen molar-refractivity contribution in [3.63, 3.8) is 0 Å². The van der Waals surface area contributed by atoms with E-state index in [-0.39, 0.29) is 11.5 Å². The summed E-state index contributed by atoms with van der Waals surface area (Å²) in [7, 11) is 6.21. The molecule has 1 atom stereocenters. The standard InChI is InChI=1S/C19H21NO5/c1-20(2)18(21)17(13-8-6-5-7-9-13)25-19(22)14-10-15(23-3)12-16(11-14)24-4/h5-12,17H,1-4H3/t17-/m0/s1. The van der Waals surface area contributed by atoms with Gasteiger partial charge in [-0.25, -0.2) is 4.79 Å². The van der Waals surface area contributed by atoms with Crippen molar-refractivity contribution in [2.24, 2.45) is 0 Å². The Hall–Kier alpha value is -3.02. The SMILES string of the molecule is COc1cc(OC)cc(C(=O)O[C@H](C(=O)N(C)C)c2ccccc2)c1. The summed E-state index contributed by atoms with van der Waals surface area (Å²) in [5.41, 5.74) is 0.841. The van der Waals surface area contributed by atoms with E-state index in [9.17, 15) is 9.59 Å². The van der Waals surface area contributed by atoms with Crippen LogP contribution in [0.3, 0.4) is 0 Å². The zero-order chi connectivity index (χ0) is 18.4. The van der Waals surface area contributed by atoms with Crippen molar-refractivity contribution in [3.8, 4) is 11.5 Å². The highest BCUT2D eigenvalue weighted by atomic mass is 16.5. The zero-order valence-corrected chi connectivity index (χ0v) is 14.7. The number of rotatable bonds is 6. The molecule has 0 fully saturated rings. The molecule has 0 saturated carbocycles. The van der Waals surface area contributed by atoms with Crippen molar-refractivity contribution < 1.29 is 23.8 Å². The van der Waals surface area contributed by atoms with Gasteiger partial charge in [0.05, 0.1) is 19.8 Å². The van der Waals surface area contributed by atoms with Crippen LogP contribution in [-0.2, 0) is 9.53 Å². The summed E-state index contributed by atoms with van der Waals surface area (Å²) in [5.74, 6) is -0.0429. The third-order valence-corrected chi connectivity index (χ3v) is 3.58. The van der Waals surface area contributed by atoms with Crippen LogP contribution < -0.4 is 9.47 Å². The van der Waals surface area contributed by atoms with Gasteiger partial charge < -0.3 is 19.1 Å². The van der Waals surface area contributed by atoms with E-state index >= 15 is 0 Å². The van der Waals surface area contributed by atoms with Gasteiger partial charge in [0.15, 0.2) is 0 Å². The minimum Gasteiger partial charge on any atom is -0.497 e. The van der Waals surface area contributed by atoms with Gasteiger partial charge in [-0.15, -0.1) is 0 Å². The smallest absolute Gasteiger partial charge is 0.339 e. The number of methoxy groups -OCH3 is 2. The largest absolute Gasteiger partial charge is 0.497 e. The Morgan fingerprint density at radius 2 is 1.48 bits per heavy atom. The maximum atomic E-state index is 12.6. The Morgan fingerprint density at radius 1 is 0.920 bits per heavy atom. The molecule has 6 nitrogen and oxygen atoms in total. The van der Waals surface area contributed by atoms with Crippen molar-refractivity contribution in [2.75, 3.05) is 28.3 Å². The number of likely N-dealkylation sites (N-methyl/N-ethyl adjacent to an activating group) is 1. The average Bonchev–Trinajstić information content (AvgIpc) is 2.65. The molecule has 6 heteroatoms. The number of nitrogens with zero attached hydrogens (tertiary/aromatic N) is 1. The number of benzene rings is 2. The summed E-state index contributed by atoms with van der Waals surface area (Å²) in [5, 5.41) is 0. The molecular formula is C19H21NO5. The first-order valence-electron chi connectivity index (χ1n) is 7.66. The maximum Gasteiger partial charge on any atom is 0.339 e. The van der Waals surface area contributed by atoms with E-state index in [2.05, 4.69) is 0 Å². The van der Waals surface area contributed by atoms with E-state index in [1.807, 2.05) is 6.07 Å². The number of carbonyl (C=O) groups excluding carboxylic acids is 2. The molecule has 0 aliphatic carbocycles. The number of amides is 1. The van der Waals surface area contributed by atoms with E-state index < -0.39 is 12.1 Å². The molecule has 0 radical (unpaired) electrons. The summed E-state index contributed by atoms with van der Waals surface area (Å²) < 4.78 is 15.8. The number of hydrogen-bond acceptors (Lipinski definition) is 5. The molecule has 132 valence electrons. The zero-order valence-electron chi connectivity index (χ0n) is 14.7. The van der Waals surface area contributed by atoms with Gasteiger partial charge in [-0.2, -0.15) is 0 Å². The summed E-state index contributed by atoms with van der Waals surface area (Å²) in [6.45, 7) is 0. The van der Waals surface area contributed by atoms with E-state index in [1.54, 1.807) is 44.4 Å². The fraction of sp³-hybridized carbons (Fsp3) is 0.263. The van der Waals surface area contributed by atoms with Gasteiger partial charge in [0.25, 0.3) is 5.91 Å². The highest BCUT2D eigenvalue weighted by Crippen LogP contribution is 2.26. The normalized spacial score (nSPS) is 11.4. The summed E-state index contributed by atoms with van der Waals surface area (Å²) in [6.07, 6.45) is -1.03. The first kappa shape index (κ1) is 18.3. The molecule has 0 saturated heterocycles. The van der Waals surface area contributed by atoms with Crippen molar-refractivity contribution in [1.82, 2.24) is 4.90 Å². The second kappa shape index (κ2) is 8.19. The molecule has 0 heterocycles. The lowest BCUT2D eigenvalue weighted by Gasteiger charge is -2.21. The van der Waals surface area contributed by atoms with Gasteiger partial charge in [0, 0.05) is 25.7 Å². The predicted molar refractivity (Wildman–Crippen MR) is 92.8 cm³/mol. The van der Waals surface area contributed by atoms with E-state index in [0.29, 0.717) is 17.1 Å². The number of ether oxygens (including phenoxy) is 3. The van der Waals surface area contributed by atoms with Crippen LogP contribution in [0.15, 0.2) is 48.5 Å². The molecule has 0 unspecified atom stereocenters. The number of esters is 1. The Morgan fingerprint density at radius 3 is 1.96 bits per heavy atom. The summed E-state index contributed by atoms with van der Waals surface area (Å²) >= 11 is 0. The topological polar surface area (TPSA) is 65.1 Å². The molecule has 1 amide bonds. The van der Waals surface area contributed by atoms with Crippen LogP contribution in [0.1, 0.15) is 22.0 Å². The van der Waals surface area contributed by atoms with Crippen LogP contribution in [0.5, 0.6) is 11.5 Å². The Kier molecular flexibility index (Phi) is 6.00. The van der Waals surface area contributed by atoms with Gasteiger partial charge in [-0.1, -0.05) is 30.3 Å². The molecule has 0 aromatic heterocycles. The summed E-state index contributed by atoms with van der Waals surface area (Å²) in [4.78, 5) is 26.4. The molecule has 2 aromatic carbocycles. The molecule has 2 rings (SSSR count). The molecule has 0 aliphatic rings. The highest BCUT2D eigenvalue weighted by molar-refractivity contribution is 5.93. The molecule has 25 heavy (non-hydrogen) atoms. The van der Waals surface area contributed by atoms with Crippen LogP contribution in [0.2, 0.25) is 0 Å². The highest BCUT2D eigenvalue weighted by Gasteiger charge is 2.27. The molecule has 0 N–H and O–H groups in total. The van der Waals surface area contributed by atoms with Crippen molar-refractivity contribution in [1.29, 1.82) is 0 Å². The minimum absolute atomic E-state index is 0.240. The quantitative estimate of drug-likeness (QED) is 0.755. The molecular weight excluding hydrogens is 322 g/mol. The predicted octanol–water partition coefficient (Wildman–Crippen LogP) is 2.69. The third kappa shape index (κ3) is 4.50. The van der Waals surface area contributed by atoms with Gasteiger partial charge in [0.2, 0.25) is 6.10 Å². The first-order valence-corrected chi connectivity index (χ1v) is 7.66. The number of carbonyl (C=O) groups is 2. The van der Waals surface area contributed by atoms with Gasteiger partial charge in [-0.3, -0.25) is 4.79 Å². The van der Waals surface area contributed by atoms with E-state index in [1.165, 1.54) is 31.3 Å². The second-order valence-corrected chi connectivity index (χ2v) is 5.53. The van der Waals surface area contributed by atoms with Crippen LogP contribution in [-0.4, -0.2) is 45.1 Å². The lowest BCUT2D eigenvalue weighted by Crippen LogP contribution is -2.31. The summed E-state index contributed by atoms with van der Waals surface area (Å²) in [6, 6.07) is 13.6. The Balaban J connectivity index is 2.32. The monoisotopic (exact) mass is 343 g/mol. The van der Waals surface area contributed by atoms with Crippen molar-refractivity contribution in [3.05, 3.63) is 59.7 Å².